The molecule has 0 rings (SSSR count). The Hall–Kier alpha value is -1.51. The first-order valence-corrected chi connectivity index (χ1v) is 32.1. The second-order valence-electron chi connectivity index (χ2n) is 22.2. The van der Waals surface area contributed by atoms with E-state index in [1.54, 1.807) is 0 Å². The Labute approximate surface area is 441 Å². The number of carbonyl (C=O) groups excluding carboxylic acids is 2. The highest BCUT2D eigenvalue weighted by Gasteiger charge is 2.27. The number of hydrogen-bond acceptors (Lipinski definition) is 7. The molecule has 1 N–H and O–H groups in total. The minimum atomic E-state index is -4.69. The van der Waals surface area contributed by atoms with Crippen LogP contribution in [0.1, 0.15) is 303 Å². The average molecular weight is 1020 g/mol. The summed E-state index contributed by atoms with van der Waals surface area (Å²) in [5.74, 6) is -0.529. The summed E-state index contributed by atoms with van der Waals surface area (Å²) >= 11 is 0. The van der Waals surface area contributed by atoms with E-state index in [1.807, 2.05) is 33.3 Å². The van der Waals surface area contributed by atoms with E-state index in [9.17, 15) is 19.0 Å². The predicted octanol–water partition coefficient (Wildman–Crippen LogP) is 17.9. The van der Waals surface area contributed by atoms with Gasteiger partial charge in [-0.25, -0.2) is 0 Å². The quantitative estimate of drug-likeness (QED) is 0.0212. The minimum Gasteiger partial charge on any atom is -0.756 e. The molecule has 0 saturated heterocycles. The number of likely N-dealkylation sites (N-methyl/N-ethyl adjacent to an activating group) is 1. The van der Waals surface area contributed by atoms with Crippen LogP contribution in [0.15, 0.2) is 24.3 Å². The number of phosphoric ester groups is 1. The minimum absolute atomic E-state index is 0.0186. The number of esters is 1. The van der Waals surface area contributed by atoms with Crippen LogP contribution in [-0.4, -0.2) is 69.4 Å². The van der Waals surface area contributed by atoms with E-state index in [1.165, 1.54) is 212 Å². The Kier molecular flexibility index (Phi) is 50.8. The average Bonchev–Trinajstić information content (AvgIpc) is 3.33. The third-order valence-electron chi connectivity index (χ3n) is 13.9. The first-order chi connectivity index (χ1) is 34.4. The SMILES string of the molecule is CCCCCCCC/C=C/CCCCCCCCCCCCCCCC(=O)OC(/C=C\CCCCCCCCCCC)C(COP(=O)([O-])OCC[N+](C)(C)C)NC(=O)CCCCCCCCCCCCC. The number of allylic oxidation sites excluding steroid dienone is 3. The van der Waals surface area contributed by atoms with E-state index in [0.717, 1.165) is 57.8 Å². The van der Waals surface area contributed by atoms with Gasteiger partial charge in [-0.15, -0.1) is 0 Å². The third kappa shape index (κ3) is 53.1. The van der Waals surface area contributed by atoms with Gasteiger partial charge in [0.15, 0.2) is 0 Å². The molecule has 0 aromatic carbocycles. The van der Waals surface area contributed by atoms with Crippen LogP contribution in [0.4, 0.5) is 0 Å². The van der Waals surface area contributed by atoms with Crippen molar-refractivity contribution in [2.45, 2.75) is 315 Å². The molecule has 1 amide bonds. The molecule has 0 radical (unpaired) electrons. The monoisotopic (exact) mass is 1020 g/mol. The molecule has 3 atom stereocenters. The Morgan fingerprint density at radius 1 is 0.479 bits per heavy atom. The molecule has 0 aromatic heterocycles. The molecule has 0 aliphatic heterocycles. The van der Waals surface area contributed by atoms with Gasteiger partial charge in [-0.2, -0.15) is 0 Å². The lowest BCUT2D eigenvalue weighted by Crippen LogP contribution is -2.47. The maximum atomic E-state index is 13.4. The summed E-state index contributed by atoms with van der Waals surface area (Å²) in [6, 6.07) is -0.880. The summed E-state index contributed by atoms with van der Waals surface area (Å²) < 4.78 is 30.2. The number of unbranched alkanes of at least 4 members (excludes halogenated alkanes) is 38. The fourth-order valence-corrected chi connectivity index (χ4v) is 9.83. The lowest BCUT2D eigenvalue weighted by molar-refractivity contribution is -0.870. The van der Waals surface area contributed by atoms with Crippen molar-refractivity contribution in [2.24, 2.45) is 0 Å². The van der Waals surface area contributed by atoms with Gasteiger partial charge in [-0.1, -0.05) is 257 Å². The topological polar surface area (TPSA) is 114 Å². The van der Waals surface area contributed by atoms with Crippen molar-refractivity contribution in [3.63, 3.8) is 0 Å². The molecule has 420 valence electrons. The first kappa shape index (κ1) is 69.5. The molecule has 0 spiro atoms. The van der Waals surface area contributed by atoms with Gasteiger partial charge < -0.3 is 28.5 Å². The number of nitrogens with one attached hydrogen (secondary N) is 1. The zero-order chi connectivity index (χ0) is 52.2. The number of hydrogen-bond donors (Lipinski definition) is 1. The standard InChI is InChI=1S/C61H119N2O7P/c1-7-10-13-16-19-22-25-26-27-28-29-30-31-32-33-34-35-36-39-42-45-48-51-54-61(65)70-59(52-49-46-43-40-37-23-20-17-14-11-8-2)58(57-69-71(66,67)68-56-55-63(4,5)6)62-60(64)53-50-47-44-41-38-24-21-18-15-12-9-3/h26-27,49,52,58-59H,7-25,28-48,50-51,53-57H2,1-6H3,(H-,62,64,66,67)/b27-26+,52-49-. The Morgan fingerprint density at radius 2 is 0.817 bits per heavy atom. The summed E-state index contributed by atoms with van der Waals surface area (Å²) in [4.78, 5) is 39.8. The second-order valence-corrected chi connectivity index (χ2v) is 23.6. The van der Waals surface area contributed by atoms with Gasteiger partial charge >= 0.3 is 5.97 Å². The van der Waals surface area contributed by atoms with Crippen molar-refractivity contribution in [1.29, 1.82) is 0 Å². The molecule has 0 saturated carbocycles. The van der Waals surface area contributed by atoms with Crippen LogP contribution >= 0.6 is 7.82 Å². The van der Waals surface area contributed by atoms with E-state index in [2.05, 4.69) is 38.2 Å². The molecule has 0 aromatic rings. The molecule has 0 heterocycles. The van der Waals surface area contributed by atoms with Gasteiger partial charge in [0.05, 0.1) is 33.8 Å². The summed E-state index contributed by atoms with van der Waals surface area (Å²) in [7, 11) is 1.20. The van der Waals surface area contributed by atoms with Crippen molar-refractivity contribution in [3.05, 3.63) is 24.3 Å². The Bertz CT molecular complexity index is 1270. The largest absolute Gasteiger partial charge is 0.756 e. The zero-order valence-corrected chi connectivity index (χ0v) is 48.8. The van der Waals surface area contributed by atoms with Crippen molar-refractivity contribution >= 4 is 19.7 Å². The molecular formula is C61H119N2O7P. The second kappa shape index (κ2) is 52.0. The molecule has 9 nitrogen and oxygen atoms in total. The van der Waals surface area contributed by atoms with E-state index in [4.69, 9.17) is 13.8 Å². The van der Waals surface area contributed by atoms with Gasteiger partial charge in [0.1, 0.15) is 19.3 Å². The molecular weight excluding hydrogens is 904 g/mol. The van der Waals surface area contributed by atoms with Crippen LogP contribution in [0.25, 0.3) is 0 Å². The molecule has 3 unspecified atom stereocenters. The molecule has 0 bridgehead atoms. The zero-order valence-electron chi connectivity index (χ0n) is 48.0. The number of nitrogens with zero attached hydrogens (tertiary/aromatic N) is 1. The number of amides is 1. The molecule has 0 aliphatic carbocycles. The predicted molar refractivity (Wildman–Crippen MR) is 303 cm³/mol. The number of quaternary nitrogens is 1. The van der Waals surface area contributed by atoms with Gasteiger partial charge in [0.2, 0.25) is 5.91 Å². The fraction of sp³-hybridized carbons (Fsp3) is 0.902. The van der Waals surface area contributed by atoms with Crippen molar-refractivity contribution in [3.8, 4) is 0 Å². The van der Waals surface area contributed by atoms with Crippen molar-refractivity contribution in [1.82, 2.24) is 5.32 Å². The highest BCUT2D eigenvalue weighted by Crippen LogP contribution is 2.38. The fourth-order valence-electron chi connectivity index (χ4n) is 9.11. The Morgan fingerprint density at radius 3 is 1.20 bits per heavy atom. The van der Waals surface area contributed by atoms with Gasteiger partial charge in [-0.3, -0.25) is 14.2 Å². The smallest absolute Gasteiger partial charge is 0.306 e. The number of ether oxygens (including phenoxy) is 1. The molecule has 71 heavy (non-hydrogen) atoms. The highest BCUT2D eigenvalue weighted by atomic mass is 31.2. The number of rotatable bonds is 56. The summed E-state index contributed by atoms with van der Waals surface area (Å²) in [5.41, 5.74) is 0. The van der Waals surface area contributed by atoms with Crippen molar-refractivity contribution in [2.75, 3.05) is 40.9 Å². The van der Waals surface area contributed by atoms with Crippen LogP contribution in [0, 0.1) is 0 Å². The maximum absolute atomic E-state index is 13.4. The summed E-state index contributed by atoms with van der Waals surface area (Å²) in [6.45, 7) is 6.85. The summed E-state index contributed by atoms with van der Waals surface area (Å²) in [6.07, 6.45) is 60.1. The van der Waals surface area contributed by atoms with Gasteiger partial charge in [0.25, 0.3) is 7.82 Å². The third-order valence-corrected chi connectivity index (χ3v) is 14.8. The van der Waals surface area contributed by atoms with E-state index in [0.29, 0.717) is 17.4 Å². The normalized spacial score (nSPS) is 13.8. The van der Waals surface area contributed by atoms with Crippen LogP contribution in [0.3, 0.4) is 0 Å². The van der Waals surface area contributed by atoms with Gasteiger partial charge in [-0.05, 0) is 57.4 Å². The lowest BCUT2D eigenvalue weighted by atomic mass is 10.0. The molecule has 0 aliphatic rings. The number of carbonyl (C=O) groups is 2. The van der Waals surface area contributed by atoms with Crippen LogP contribution in [0.2, 0.25) is 0 Å². The maximum Gasteiger partial charge on any atom is 0.306 e. The lowest BCUT2D eigenvalue weighted by Gasteiger charge is -2.30. The van der Waals surface area contributed by atoms with Crippen LogP contribution < -0.4 is 10.2 Å². The van der Waals surface area contributed by atoms with E-state index in [-0.39, 0.29) is 31.5 Å². The van der Waals surface area contributed by atoms with Crippen molar-refractivity contribution < 1.29 is 37.3 Å². The highest BCUT2D eigenvalue weighted by molar-refractivity contribution is 7.45. The van der Waals surface area contributed by atoms with E-state index >= 15 is 0 Å². The first-order valence-electron chi connectivity index (χ1n) is 30.6. The van der Waals surface area contributed by atoms with E-state index < -0.39 is 20.0 Å². The number of phosphoric acid groups is 1. The summed E-state index contributed by atoms with van der Waals surface area (Å²) in [5, 5.41) is 3.02. The Balaban J connectivity index is 5.06. The van der Waals surface area contributed by atoms with Crippen LogP contribution in [-0.2, 0) is 27.9 Å². The molecule has 10 heteroatoms. The van der Waals surface area contributed by atoms with Gasteiger partial charge in [0, 0.05) is 12.8 Å². The molecule has 0 fully saturated rings. The van der Waals surface area contributed by atoms with Crippen LogP contribution in [0.5, 0.6) is 0 Å².